The Balaban J connectivity index is 1.56. The maximum absolute atomic E-state index is 12.8. The van der Waals surface area contributed by atoms with Crippen molar-refractivity contribution in [1.82, 2.24) is 4.90 Å². The van der Waals surface area contributed by atoms with Crippen molar-refractivity contribution >= 4 is 11.8 Å². The second-order valence-electron chi connectivity index (χ2n) is 7.38. The van der Waals surface area contributed by atoms with Gasteiger partial charge < -0.3 is 0 Å². The van der Waals surface area contributed by atoms with Crippen molar-refractivity contribution in [3.63, 3.8) is 0 Å². The van der Waals surface area contributed by atoms with E-state index in [-0.39, 0.29) is 29.2 Å². The molecule has 19 heavy (non-hydrogen) atoms. The Morgan fingerprint density at radius 2 is 1.58 bits per heavy atom. The van der Waals surface area contributed by atoms with E-state index >= 15 is 0 Å². The summed E-state index contributed by atoms with van der Waals surface area (Å²) < 4.78 is 0. The second-order valence-corrected chi connectivity index (χ2v) is 7.38. The molecule has 1 saturated heterocycles. The number of carbonyl (C=O) groups is 2. The smallest absolute Gasteiger partial charge is 0.234 e. The maximum atomic E-state index is 12.8. The zero-order valence-corrected chi connectivity index (χ0v) is 11.0. The lowest BCUT2D eigenvalue weighted by Crippen LogP contribution is -2.50. The standard InChI is InChI=1S/C16H19NO2/c18-14-12-10-1-2-11(7-10)13(12)15(19)17(14)16-5-3-9(8-16)4-6-16/h1-2,9-13H,3-8H2. The van der Waals surface area contributed by atoms with E-state index in [1.165, 1.54) is 12.8 Å². The van der Waals surface area contributed by atoms with Gasteiger partial charge in [-0.2, -0.15) is 0 Å². The summed E-state index contributed by atoms with van der Waals surface area (Å²) in [7, 11) is 0. The van der Waals surface area contributed by atoms with E-state index in [0.717, 1.165) is 31.6 Å². The molecule has 0 aromatic carbocycles. The van der Waals surface area contributed by atoms with Gasteiger partial charge in [-0.05, 0) is 56.3 Å². The molecule has 0 spiro atoms. The number of carbonyl (C=O) groups excluding carboxylic acids is 2. The number of allylic oxidation sites excluding steroid dienone is 2. The molecule has 0 aromatic rings. The molecule has 4 bridgehead atoms. The fourth-order valence-corrected chi connectivity index (χ4v) is 5.85. The summed E-state index contributed by atoms with van der Waals surface area (Å²) >= 11 is 0. The van der Waals surface area contributed by atoms with E-state index in [0.29, 0.717) is 11.8 Å². The number of rotatable bonds is 1. The molecule has 0 radical (unpaired) electrons. The van der Waals surface area contributed by atoms with Gasteiger partial charge in [-0.1, -0.05) is 12.2 Å². The van der Waals surface area contributed by atoms with Gasteiger partial charge >= 0.3 is 0 Å². The van der Waals surface area contributed by atoms with Gasteiger partial charge in [-0.3, -0.25) is 14.5 Å². The molecular formula is C16H19NO2. The molecule has 3 saturated carbocycles. The number of amides is 2. The highest BCUT2D eigenvalue weighted by molar-refractivity contribution is 6.07. The first-order valence-corrected chi connectivity index (χ1v) is 7.76. The monoisotopic (exact) mass is 257 g/mol. The van der Waals surface area contributed by atoms with Crippen LogP contribution in [0.25, 0.3) is 0 Å². The Morgan fingerprint density at radius 3 is 2.05 bits per heavy atom. The van der Waals surface area contributed by atoms with Crippen LogP contribution in [0.3, 0.4) is 0 Å². The summed E-state index contributed by atoms with van der Waals surface area (Å²) in [5.41, 5.74) is -0.0669. The molecule has 2 amide bonds. The highest BCUT2D eigenvalue weighted by Crippen LogP contribution is 2.58. The summed E-state index contributed by atoms with van der Waals surface area (Å²) in [4.78, 5) is 27.4. The molecule has 3 nitrogen and oxygen atoms in total. The van der Waals surface area contributed by atoms with Crippen LogP contribution in [0.15, 0.2) is 12.2 Å². The van der Waals surface area contributed by atoms with Gasteiger partial charge in [0.05, 0.1) is 17.4 Å². The molecule has 5 aliphatic rings. The van der Waals surface area contributed by atoms with Crippen LogP contribution in [0.4, 0.5) is 0 Å². The third-order valence-electron chi connectivity index (χ3n) is 6.65. The van der Waals surface area contributed by atoms with Gasteiger partial charge in [-0.25, -0.2) is 0 Å². The van der Waals surface area contributed by atoms with Crippen LogP contribution in [-0.2, 0) is 9.59 Å². The number of hydrogen-bond donors (Lipinski definition) is 0. The predicted molar refractivity (Wildman–Crippen MR) is 68.9 cm³/mol. The lowest BCUT2D eigenvalue weighted by molar-refractivity contribution is -0.148. The van der Waals surface area contributed by atoms with Crippen LogP contribution in [-0.4, -0.2) is 22.3 Å². The van der Waals surface area contributed by atoms with Crippen LogP contribution >= 0.6 is 0 Å². The highest BCUT2D eigenvalue weighted by atomic mass is 16.2. The summed E-state index contributed by atoms with van der Waals surface area (Å²) in [6.07, 6.45) is 11.1. The van der Waals surface area contributed by atoms with E-state index in [1.807, 2.05) is 0 Å². The van der Waals surface area contributed by atoms with E-state index in [2.05, 4.69) is 12.2 Å². The Labute approximate surface area is 113 Å². The molecule has 4 unspecified atom stereocenters. The van der Waals surface area contributed by atoms with Crippen LogP contribution in [0.2, 0.25) is 0 Å². The maximum Gasteiger partial charge on any atom is 0.234 e. The van der Waals surface area contributed by atoms with Crippen molar-refractivity contribution in [3.05, 3.63) is 12.2 Å². The van der Waals surface area contributed by atoms with Gasteiger partial charge in [-0.15, -0.1) is 0 Å². The Hall–Kier alpha value is -1.12. The van der Waals surface area contributed by atoms with E-state index in [1.54, 1.807) is 4.90 Å². The number of hydrogen-bond acceptors (Lipinski definition) is 2. The third kappa shape index (κ3) is 1.08. The van der Waals surface area contributed by atoms with Crippen LogP contribution < -0.4 is 0 Å². The Kier molecular flexibility index (Phi) is 1.75. The molecule has 0 aromatic heterocycles. The zero-order chi connectivity index (χ0) is 12.8. The van der Waals surface area contributed by atoms with Gasteiger partial charge in [0.25, 0.3) is 0 Å². The van der Waals surface area contributed by atoms with Crippen LogP contribution in [0.5, 0.6) is 0 Å². The lowest BCUT2D eigenvalue weighted by Gasteiger charge is -2.36. The molecule has 1 aliphatic heterocycles. The van der Waals surface area contributed by atoms with Crippen molar-refractivity contribution in [1.29, 1.82) is 0 Å². The van der Waals surface area contributed by atoms with Crippen molar-refractivity contribution in [2.75, 3.05) is 0 Å². The van der Waals surface area contributed by atoms with Gasteiger partial charge in [0.15, 0.2) is 0 Å². The van der Waals surface area contributed by atoms with Gasteiger partial charge in [0, 0.05) is 0 Å². The largest absolute Gasteiger partial charge is 0.276 e. The third-order valence-corrected chi connectivity index (χ3v) is 6.65. The number of likely N-dealkylation sites (tertiary alicyclic amines) is 1. The molecule has 5 rings (SSSR count). The number of nitrogens with zero attached hydrogens (tertiary/aromatic N) is 1. The van der Waals surface area contributed by atoms with Gasteiger partial charge in [0.2, 0.25) is 11.8 Å². The molecule has 4 fully saturated rings. The minimum Gasteiger partial charge on any atom is -0.276 e. The first-order valence-electron chi connectivity index (χ1n) is 7.76. The molecule has 4 atom stereocenters. The first kappa shape index (κ1) is 10.6. The fourth-order valence-electron chi connectivity index (χ4n) is 5.85. The molecule has 3 heteroatoms. The quantitative estimate of drug-likeness (QED) is 0.533. The average Bonchev–Trinajstić information content (AvgIpc) is 3.16. The van der Waals surface area contributed by atoms with Crippen molar-refractivity contribution in [2.45, 2.75) is 44.1 Å². The van der Waals surface area contributed by atoms with Crippen molar-refractivity contribution < 1.29 is 9.59 Å². The number of fused-ring (bicyclic) bond motifs is 7. The topological polar surface area (TPSA) is 37.4 Å². The van der Waals surface area contributed by atoms with E-state index in [9.17, 15) is 9.59 Å². The lowest BCUT2D eigenvalue weighted by atomic mass is 9.85. The fraction of sp³-hybridized carbons (Fsp3) is 0.750. The van der Waals surface area contributed by atoms with E-state index in [4.69, 9.17) is 0 Å². The van der Waals surface area contributed by atoms with Gasteiger partial charge in [0.1, 0.15) is 0 Å². The molecule has 4 aliphatic carbocycles. The minimum absolute atomic E-state index is 0.00322. The van der Waals surface area contributed by atoms with Crippen LogP contribution in [0.1, 0.15) is 38.5 Å². The zero-order valence-electron chi connectivity index (χ0n) is 11.0. The molecule has 1 heterocycles. The van der Waals surface area contributed by atoms with Crippen LogP contribution in [0, 0.1) is 29.6 Å². The first-order chi connectivity index (χ1) is 9.20. The molecular weight excluding hydrogens is 238 g/mol. The normalized spacial score (nSPS) is 53.7. The molecule has 100 valence electrons. The Bertz CT molecular complexity index is 485. The second kappa shape index (κ2) is 3.13. The summed E-state index contributed by atoms with van der Waals surface area (Å²) in [5, 5.41) is 0. The molecule has 0 N–H and O–H groups in total. The Morgan fingerprint density at radius 1 is 1.00 bits per heavy atom. The predicted octanol–water partition coefficient (Wildman–Crippen LogP) is 2.13. The summed E-state index contributed by atoms with van der Waals surface area (Å²) in [5.74, 6) is 1.82. The van der Waals surface area contributed by atoms with Crippen molar-refractivity contribution in [2.24, 2.45) is 29.6 Å². The SMILES string of the molecule is O=C1C2C3C=CC(C3)C2C(=O)N1C12CCC(CC1)C2. The summed E-state index contributed by atoms with van der Waals surface area (Å²) in [6.45, 7) is 0. The van der Waals surface area contributed by atoms with E-state index < -0.39 is 0 Å². The van der Waals surface area contributed by atoms with Crippen molar-refractivity contribution in [3.8, 4) is 0 Å². The average molecular weight is 257 g/mol. The highest BCUT2D eigenvalue weighted by Gasteiger charge is 2.64. The summed E-state index contributed by atoms with van der Waals surface area (Å²) in [6, 6.07) is 0. The minimum atomic E-state index is -0.0669. The number of imide groups is 1.